The second-order valence-electron chi connectivity index (χ2n) is 6.38. The second-order valence-corrected chi connectivity index (χ2v) is 6.38. The molecule has 6 nitrogen and oxygen atoms in total. The Labute approximate surface area is 125 Å². The standard InChI is InChI=1S/C15H25N3O3/c1-10(2)17(3)8-9-18-14(20)12(11-6-4-5-7-11)13(19)16-15(18)21/h10-12H,4-9H2,1-3H3,(H,16,19,21). The average Bonchev–Trinajstić information content (AvgIpc) is 2.91. The molecule has 0 aromatic rings. The Bertz CT molecular complexity index is 430. The average molecular weight is 295 g/mol. The van der Waals surface area contributed by atoms with Crippen LogP contribution in [0.15, 0.2) is 0 Å². The molecular weight excluding hydrogens is 270 g/mol. The summed E-state index contributed by atoms with van der Waals surface area (Å²) in [7, 11) is 1.95. The molecule has 1 aliphatic carbocycles. The van der Waals surface area contributed by atoms with E-state index in [1.807, 2.05) is 7.05 Å². The first-order valence-corrected chi connectivity index (χ1v) is 7.78. The third kappa shape index (κ3) is 3.43. The maximum Gasteiger partial charge on any atom is 0.330 e. The fraction of sp³-hybridized carbons (Fsp3) is 0.800. The third-order valence-corrected chi connectivity index (χ3v) is 4.72. The molecule has 0 radical (unpaired) electrons. The lowest BCUT2D eigenvalue weighted by Crippen LogP contribution is -2.60. The van der Waals surface area contributed by atoms with Crippen LogP contribution < -0.4 is 5.32 Å². The summed E-state index contributed by atoms with van der Waals surface area (Å²) in [5.74, 6) is -1.30. The highest BCUT2D eigenvalue weighted by molar-refractivity contribution is 6.16. The van der Waals surface area contributed by atoms with Crippen LogP contribution in [0.25, 0.3) is 0 Å². The molecule has 1 heterocycles. The Kier molecular flexibility index (Phi) is 4.98. The molecule has 0 aromatic carbocycles. The lowest BCUT2D eigenvalue weighted by atomic mass is 9.87. The van der Waals surface area contributed by atoms with Gasteiger partial charge in [-0.05, 0) is 39.7 Å². The number of hydrogen-bond donors (Lipinski definition) is 1. The summed E-state index contributed by atoms with van der Waals surface area (Å²) >= 11 is 0. The molecule has 0 spiro atoms. The molecule has 0 aromatic heterocycles. The highest BCUT2D eigenvalue weighted by atomic mass is 16.2. The number of carbonyl (C=O) groups excluding carboxylic acids is 3. The van der Waals surface area contributed by atoms with Gasteiger partial charge in [0.25, 0.3) is 0 Å². The highest BCUT2D eigenvalue weighted by Gasteiger charge is 2.45. The normalized spacial score (nSPS) is 24.3. The molecular formula is C15H25N3O3. The summed E-state index contributed by atoms with van der Waals surface area (Å²) < 4.78 is 0. The predicted octanol–water partition coefficient (Wildman–Crippen LogP) is 1.21. The molecule has 1 saturated heterocycles. The summed E-state index contributed by atoms with van der Waals surface area (Å²) in [6, 6.07) is -0.225. The highest BCUT2D eigenvalue weighted by Crippen LogP contribution is 2.33. The summed E-state index contributed by atoms with van der Waals surface area (Å²) in [5.41, 5.74) is 0. The first-order chi connectivity index (χ1) is 9.91. The molecule has 4 amide bonds. The zero-order valence-corrected chi connectivity index (χ0v) is 13.1. The molecule has 6 heteroatoms. The van der Waals surface area contributed by atoms with Crippen LogP contribution in [0.3, 0.4) is 0 Å². The largest absolute Gasteiger partial charge is 0.330 e. The Morgan fingerprint density at radius 1 is 1.24 bits per heavy atom. The molecule has 0 bridgehead atoms. The van der Waals surface area contributed by atoms with Gasteiger partial charge in [0, 0.05) is 19.1 Å². The number of barbiturate groups is 1. The van der Waals surface area contributed by atoms with Gasteiger partial charge in [0.15, 0.2) is 0 Å². The Morgan fingerprint density at radius 2 is 1.86 bits per heavy atom. The molecule has 1 saturated carbocycles. The number of nitrogens with zero attached hydrogens (tertiary/aromatic N) is 2. The van der Waals surface area contributed by atoms with Gasteiger partial charge in [-0.25, -0.2) is 4.79 Å². The van der Waals surface area contributed by atoms with Crippen molar-refractivity contribution in [1.82, 2.24) is 15.1 Å². The van der Waals surface area contributed by atoms with E-state index in [1.165, 1.54) is 4.90 Å². The van der Waals surface area contributed by atoms with E-state index in [-0.39, 0.29) is 11.8 Å². The van der Waals surface area contributed by atoms with E-state index in [0.717, 1.165) is 25.7 Å². The number of carbonyl (C=O) groups is 3. The molecule has 21 heavy (non-hydrogen) atoms. The first-order valence-electron chi connectivity index (χ1n) is 7.78. The van der Waals surface area contributed by atoms with Crippen molar-refractivity contribution in [1.29, 1.82) is 0 Å². The summed E-state index contributed by atoms with van der Waals surface area (Å²) in [4.78, 5) is 39.7. The van der Waals surface area contributed by atoms with Crippen LogP contribution in [0.5, 0.6) is 0 Å². The maximum absolute atomic E-state index is 12.5. The fourth-order valence-electron chi connectivity index (χ4n) is 3.06. The first kappa shape index (κ1) is 15.9. The summed E-state index contributed by atoms with van der Waals surface area (Å²) in [6.07, 6.45) is 3.92. The molecule has 1 atom stereocenters. The lowest BCUT2D eigenvalue weighted by molar-refractivity contribution is -0.145. The predicted molar refractivity (Wildman–Crippen MR) is 78.5 cm³/mol. The van der Waals surface area contributed by atoms with Crippen molar-refractivity contribution in [2.75, 3.05) is 20.1 Å². The summed E-state index contributed by atoms with van der Waals surface area (Å²) in [5, 5.41) is 2.35. The van der Waals surface area contributed by atoms with E-state index in [1.54, 1.807) is 0 Å². The van der Waals surface area contributed by atoms with Crippen molar-refractivity contribution in [2.24, 2.45) is 11.8 Å². The molecule has 2 rings (SSSR count). The number of nitrogens with one attached hydrogen (secondary N) is 1. The molecule has 1 N–H and O–H groups in total. The van der Waals surface area contributed by atoms with Crippen LogP contribution in [0.2, 0.25) is 0 Å². The van der Waals surface area contributed by atoms with Crippen molar-refractivity contribution in [3.05, 3.63) is 0 Å². The van der Waals surface area contributed by atoms with Crippen molar-refractivity contribution in [3.8, 4) is 0 Å². The zero-order chi connectivity index (χ0) is 15.6. The number of rotatable bonds is 5. The quantitative estimate of drug-likeness (QED) is 0.774. The van der Waals surface area contributed by atoms with E-state index in [9.17, 15) is 14.4 Å². The van der Waals surface area contributed by atoms with Gasteiger partial charge >= 0.3 is 6.03 Å². The molecule has 2 aliphatic rings. The van der Waals surface area contributed by atoms with Crippen LogP contribution in [-0.4, -0.2) is 53.8 Å². The number of likely N-dealkylation sites (N-methyl/N-ethyl adjacent to an activating group) is 1. The van der Waals surface area contributed by atoms with Gasteiger partial charge in [-0.3, -0.25) is 19.8 Å². The van der Waals surface area contributed by atoms with E-state index >= 15 is 0 Å². The van der Waals surface area contributed by atoms with Crippen LogP contribution in [0.4, 0.5) is 4.79 Å². The molecule has 2 fully saturated rings. The van der Waals surface area contributed by atoms with Crippen LogP contribution in [0.1, 0.15) is 39.5 Å². The second kappa shape index (κ2) is 6.56. The van der Waals surface area contributed by atoms with Crippen molar-refractivity contribution in [3.63, 3.8) is 0 Å². The zero-order valence-electron chi connectivity index (χ0n) is 13.1. The number of hydrogen-bond acceptors (Lipinski definition) is 4. The van der Waals surface area contributed by atoms with Crippen LogP contribution in [-0.2, 0) is 9.59 Å². The number of imide groups is 2. The van der Waals surface area contributed by atoms with Gasteiger partial charge in [0.2, 0.25) is 11.8 Å². The molecule has 118 valence electrons. The minimum absolute atomic E-state index is 0.0935. The van der Waals surface area contributed by atoms with E-state index in [4.69, 9.17) is 0 Å². The SMILES string of the molecule is CC(C)N(C)CCN1C(=O)NC(=O)C(C2CCCC2)C1=O. The lowest BCUT2D eigenvalue weighted by Gasteiger charge is -2.34. The van der Waals surface area contributed by atoms with Crippen molar-refractivity contribution in [2.45, 2.75) is 45.6 Å². The van der Waals surface area contributed by atoms with Crippen LogP contribution in [0, 0.1) is 11.8 Å². The Morgan fingerprint density at radius 3 is 2.43 bits per heavy atom. The van der Waals surface area contributed by atoms with Crippen molar-refractivity contribution >= 4 is 17.8 Å². The minimum atomic E-state index is -0.672. The van der Waals surface area contributed by atoms with E-state index < -0.39 is 17.9 Å². The van der Waals surface area contributed by atoms with Gasteiger partial charge in [0.05, 0.1) is 0 Å². The maximum atomic E-state index is 12.5. The number of urea groups is 1. The van der Waals surface area contributed by atoms with Gasteiger partial charge in [-0.2, -0.15) is 0 Å². The number of amides is 4. The smallest absolute Gasteiger partial charge is 0.302 e. The Hall–Kier alpha value is -1.43. The van der Waals surface area contributed by atoms with Gasteiger partial charge < -0.3 is 4.90 Å². The summed E-state index contributed by atoms with van der Waals surface area (Å²) in [6.45, 7) is 5.06. The van der Waals surface area contributed by atoms with E-state index in [2.05, 4.69) is 24.1 Å². The Balaban J connectivity index is 2.04. The van der Waals surface area contributed by atoms with Crippen molar-refractivity contribution < 1.29 is 14.4 Å². The third-order valence-electron chi connectivity index (χ3n) is 4.72. The van der Waals surface area contributed by atoms with Gasteiger partial charge in [-0.15, -0.1) is 0 Å². The topological polar surface area (TPSA) is 69.7 Å². The minimum Gasteiger partial charge on any atom is -0.302 e. The monoisotopic (exact) mass is 295 g/mol. The fourth-order valence-corrected chi connectivity index (χ4v) is 3.06. The van der Waals surface area contributed by atoms with Gasteiger partial charge in [0.1, 0.15) is 5.92 Å². The molecule has 1 aliphatic heterocycles. The van der Waals surface area contributed by atoms with Crippen LogP contribution >= 0.6 is 0 Å². The van der Waals surface area contributed by atoms with E-state index in [0.29, 0.717) is 19.1 Å². The molecule has 1 unspecified atom stereocenters. The van der Waals surface area contributed by atoms with Gasteiger partial charge in [-0.1, -0.05) is 12.8 Å².